The van der Waals surface area contributed by atoms with Crippen LogP contribution in [0.2, 0.25) is 0 Å². The molecule has 0 fully saturated rings. The summed E-state index contributed by atoms with van der Waals surface area (Å²) in [6.07, 6.45) is 1.13. The minimum atomic E-state index is 0.757. The third kappa shape index (κ3) is 4.98. The number of hydrogen-bond donors (Lipinski definition) is 1. The Bertz CT molecular complexity index is 627. The minimum Gasteiger partial charge on any atom is -0.493 e. The first-order chi connectivity index (χ1) is 11.7. The van der Waals surface area contributed by atoms with Crippen LogP contribution in [0.15, 0.2) is 42.5 Å². The van der Waals surface area contributed by atoms with E-state index in [4.69, 9.17) is 9.47 Å². The maximum Gasteiger partial charge on any atom is 0.161 e. The van der Waals surface area contributed by atoms with Gasteiger partial charge >= 0.3 is 0 Å². The second kappa shape index (κ2) is 9.30. The van der Waals surface area contributed by atoms with Crippen molar-refractivity contribution in [2.75, 3.05) is 41.4 Å². The molecule has 0 aliphatic heterocycles. The molecule has 0 unspecified atom stereocenters. The Kier molecular flexibility index (Phi) is 7.09. The van der Waals surface area contributed by atoms with Gasteiger partial charge < -0.3 is 19.7 Å². The first kappa shape index (κ1) is 18.3. The molecule has 0 saturated heterocycles. The molecule has 24 heavy (non-hydrogen) atoms. The van der Waals surface area contributed by atoms with Gasteiger partial charge in [0, 0.05) is 6.54 Å². The van der Waals surface area contributed by atoms with Crippen LogP contribution < -0.4 is 14.8 Å². The van der Waals surface area contributed by atoms with Crippen molar-refractivity contribution in [1.82, 2.24) is 10.2 Å². The average molecular weight is 328 g/mol. The monoisotopic (exact) mass is 328 g/mol. The van der Waals surface area contributed by atoms with E-state index < -0.39 is 0 Å². The van der Waals surface area contributed by atoms with Gasteiger partial charge in [-0.2, -0.15) is 0 Å². The molecule has 0 aromatic heterocycles. The Morgan fingerprint density at radius 1 is 0.958 bits per heavy atom. The summed E-state index contributed by atoms with van der Waals surface area (Å²) in [6.45, 7) is 2.88. The van der Waals surface area contributed by atoms with Crippen LogP contribution >= 0.6 is 0 Å². The summed E-state index contributed by atoms with van der Waals surface area (Å²) in [7, 11) is 7.55. The fourth-order valence-electron chi connectivity index (χ4n) is 2.70. The maximum absolute atomic E-state index is 5.47. The lowest BCUT2D eigenvalue weighted by atomic mass is 9.98. The normalized spacial score (nSPS) is 10.9. The highest BCUT2D eigenvalue weighted by Gasteiger charge is 2.12. The Hall–Kier alpha value is -2.04. The molecule has 0 aliphatic rings. The van der Waals surface area contributed by atoms with Crippen LogP contribution in [-0.2, 0) is 6.54 Å². The molecule has 130 valence electrons. The molecule has 0 heterocycles. The molecular weight excluding hydrogens is 300 g/mol. The molecule has 0 aliphatic carbocycles. The molecular formula is C20H28N2O2. The quantitative estimate of drug-likeness (QED) is 0.715. The van der Waals surface area contributed by atoms with Gasteiger partial charge in [0.2, 0.25) is 0 Å². The predicted molar refractivity (Wildman–Crippen MR) is 99.9 cm³/mol. The SMILES string of the molecule is COc1cc(CNCCCN(C)C)c(-c2ccccc2)cc1OC. The summed E-state index contributed by atoms with van der Waals surface area (Å²) >= 11 is 0. The van der Waals surface area contributed by atoms with Gasteiger partial charge in [-0.1, -0.05) is 30.3 Å². The third-order valence-electron chi connectivity index (χ3n) is 3.97. The van der Waals surface area contributed by atoms with Gasteiger partial charge in [-0.05, 0) is 62.4 Å². The number of methoxy groups -OCH3 is 2. The van der Waals surface area contributed by atoms with E-state index in [-0.39, 0.29) is 0 Å². The number of hydrogen-bond acceptors (Lipinski definition) is 4. The first-order valence-corrected chi connectivity index (χ1v) is 8.31. The van der Waals surface area contributed by atoms with Crippen molar-refractivity contribution in [3.05, 3.63) is 48.0 Å². The molecule has 1 N–H and O–H groups in total. The van der Waals surface area contributed by atoms with Crippen molar-refractivity contribution < 1.29 is 9.47 Å². The lowest BCUT2D eigenvalue weighted by Gasteiger charge is -2.16. The van der Waals surface area contributed by atoms with E-state index in [0.29, 0.717) is 0 Å². The van der Waals surface area contributed by atoms with Crippen molar-refractivity contribution in [1.29, 1.82) is 0 Å². The number of nitrogens with zero attached hydrogens (tertiary/aromatic N) is 1. The highest BCUT2D eigenvalue weighted by atomic mass is 16.5. The average Bonchev–Trinajstić information content (AvgIpc) is 2.61. The molecule has 0 atom stereocenters. The van der Waals surface area contributed by atoms with Crippen molar-refractivity contribution >= 4 is 0 Å². The Labute approximate surface area is 145 Å². The van der Waals surface area contributed by atoms with Gasteiger partial charge in [-0.3, -0.25) is 0 Å². The molecule has 2 rings (SSSR count). The van der Waals surface area contributed by atoms with Gasteiger partial charge in [-0.15, -0.1) is 0 Å². The Morgan fingerprint density at radius 2 is 1.62 bits per heavy atom. The van der Waals surface area contributed by atoms with Crippen LogP contribution in [-0.4, -0.2) is 46.3 Å². The van der Waals surface area contributed by atoms with E-state index >= 15 is 0 Å². The molecule has 0 saturated carbocycles. The summed E-state index contributed by atoms with van der Waals surface area (Å²) < 4.78 is 10.9. The summed E-state index contributed by atoms with van der Waals surface area (Å²) in [5.41, 5.74) is 3.57. The zero-order valence-corrected chi connectivity index (χ0v) is 15.1. The Morgan fingerprint density at radius 3 is 2.25 bits per heavy atom. The van der Waals surface area contributed by atoms with Gasteiger partial charge in [0.05, 0.1) is 14.2 Å². The van der Waals surface area contributed by atoms with Crippen molar-refractivity contribution in [2.45, 2.75) is 13.0 Å². The van der Waals surface area contributed by atoms with E-state index in [1.165, 1.54) is 16.7 Å². The standard InChI is InChI=1S/C20H28N2O2/c1-22(2)12-8-11-21-15-17-13-19(23-3)20(24-4)14-18(17)16-9-6-5-7-10-16/h5-7,9-10,13-14,21H,8,11-12,15H2,1-4H3. The third-order valence-corrected chi connectivity index (χ3v) is 3.97. The summed E-state index contributed by atoms with van der Waals surface area (Å²) in [5.74, 6) is 1.52. The molecule has 4 nitrogen and oxygen atoms in total. The van der Waals surface area contributed by atoms with Gasteiger partial charge in [0.15, 0.2) is 11.5 Å². The zero-order chi connectivity index (χ0) is 17.4. The Balaban J connectivity index is 2.20. The van der Waals surface area contributed by atoms with Crippen LogP contribution in [0, 0.1) is 0 Å². The molecule has 2 aromatic rings. The zero-order valence-electron chi connectivity index (χ0n) is 15.1. The van der Waals surface area contributed by atoms with E-state index in [9.17, 15) is 0 Å². The highest BCUT2D eigenvalue weighted by molar-refractivity contribution is 5.71. The largest absolute Gasteiger partial charge is 0.493 e. The number of benzene rings is 2. The van der Waals surface area contributed by atoms with Gasteiger partial charge in [0.1, 0.15) is 0 Å². The van der Waals surface area contributed by atoms with Crippen molar-refractivity contribution in [3.8, 4) is 22.6 Å². The summed E-state index contributed by atoms with van der Waals surface area (Å²) in [6, 6.07) is 14.5. The summed E-state index contributed by atoms with van der Waals surface area (Å²) in [5, 5.41) is 3.53. The topological polar surface area (TPSA) is 33.7 Å². The van der Waals surface area contributed by atoms with Crippen molar-refractivity contribution in [2.24, 2.45) is 0 Å². The molecule has 0 spiro atoms. The lowest BCUT2D eigenvalue weighted by Crippen LogP contribution is -2.21. The number of rotatable bonds is 9. The molecule has 2 aromatic carbocycles. The highest BCUT2D eigenvalue weighted by Crippen LogP contribution is 2.35. The fourth-order valence-corrected chi connectivity index (χ4v) is 2.70. The molecule has 0 bridgehead atoms. The smallest absolute Gasteiger partial charge is 0.161 e. The summed E-state index contributed by atoms with van der Waals surface area (Å²) in [4.78, 5) is 2.20. The van der Waals surface area contributed by atoms with Crippen molar-refractivity contribution in [3.63, 3.8) is 0 Å². The first-order valence-electron chi connectivity index (χ1n) is 8.31. The van der Waals surface area contributed by atoms with Crippen LogP contribution in [0.25, 0.3) is 11.1 Å². The van der Waals surface area contributed by atoms with Gasteiger partial charge in [-0.25, -0.2) is 0 Å². The second-order valence-corrected chi connectivity index (χ2v) is 6.06. The van der Waals surface area contributed by atoms with Crippen LogP contribution in [0.5, 0.6) is 11.5 Å². The molecule has 0 radical (unpaired) electrons. The lowest BCUT2D eigenvalue weighted by molar-refractivity contribution is 0.354. The van der Waals surface area contributed by atoms with Crippen LogP contribution in [0.3, 0.4) is 0 Å². The van der Waals surface area contributed by atoms with Crippen LogP contribution in [0.4, 0.5) is 0 Å². The maximum atomic E-state index is 5.47. The number of ether oxygens (including phenoxy) is 2. The number of nitrogens with one attached hydrogen (secondary N) is 1. The van der Waals surface area contributed by atoms with E-state index in [1.54, 1.807) is 14.2 Å². The van der Waals surface area contributed by atoms with E-state index in [0.717, 1.165) is 37.6 Å². The van der Waals surface area contributed by atoms with E-state index in [2.05, 4.69) is 60.7 Å². The van der Waals surface area contributed by atoms with Crippen LogP contribution in [0.1, 0.15) is 12.0 Å². The van der Waals surface area contributed by atoms with Gasteiger partial charge in [0.25, 0.3) is 0 Å². The molecule has 0 amide bonds. The minimum absolute atomic E-state index is 0.757. The predicted octanol–water partition coefficient (Wildman–Crippen LogP) is 3.41. The fraction of sp³-hybridized carbons (Fsp3) is 0.400. The second-order valence-electron chi connectivity index (χ2n) is 6.06. The van der Waals surface area contributed by atoms with E-state index in [1.807, 2.05) is 6.07 Å². The molecule has 4 heteroatoms.